The molecule has 0 aliphatic rings. The SMILES string of the molecule is CNCCNCc1cccc2cnccc12. The molecule has 0 bridgehead atoms. The van der Waals surface area contributed by atoms with Gasteiger partial charge < -0.3 is 10.6 Å². The van der Waals surface area contributed by atoms with Crippen LogP contribution in [-0.2, 0) is 6.54 Å². The van der Waals surface area contributed by atoms with Gasteiger partial charge in [0.05, 0.1) is 0 Å². The van der Waals surface area contributed by atoms with E-state index in [0.717, 1.165) is 19.6 Å². The van der Waals surface area contributed by atoms with Crippen LogP contribution in [0.5, 0.6) is 0 Å². The molecule has 0 radical (unpaired) electrons. The van der Waals surface area contributed by atoms with Crippen LogP contribution >= 0.6 is 0 Å². The van der Waals surface area contributed by atoms with Crippen LogP contribution in [0.2, 0.25) is 0 Å². The van der Waals surface area contributed by atoms with Gasteiger partial charge in [-0.3, -0.25) is 4.98 Å². The molecule has 2 aromatic rings. The summed E-state index contributed by atoms with van der Waals surface area (Å²) in [6.07, 6.45) is 3.76. The minimum atomic E-state index is 0.906. The van der Waals surface area contributed by atoms with Gasteiger partial charge in [0.25, 0.3) is 0 Å². The third-order valence-electron chi connectivity index (χ3n) is 2.64. The van der Waals surface area contributed by atoms with E-state index in [2.05, 4.69) is 39.9 Å². The molecule has 0 spiro atoms. The van der Waals surface area contributed by atoms with Crippen LogP contribution in [0.3, 0.4) is 0 Å². The maximum absolute atomic E-state index is 4.13. The van der Waals surface area contributed by atoms with E-state index in [1.54, 1.807) is 0 Å². The largest absolute Gasteiger partial charge is 0.318 e. The summed E-state index contributed by atoms with van der Waals surface area (Å²) in [6, 6.07) is 8.41. The number of hydrogen-bond donors (Lipinski definition) is 2. The third-order valence-corrected chi connectivity index (χ3v) is 2.64. The lowest BCUT2D eigenvalue weighted by Gasteiger charge is -2.07. The number of pyridine rings is 1. The van der Waals surface area contributed by atoms with Crippen molar-refractivity contribution in [2.75, 3.05) is 20.1 Å². The van der Waals surface area contributed by atoms with Crippen LogP contribution in [0.15, 0.2) is 36.7 Å². The van der Waals surface area contributed by atoms with Gasteiger partial charge in [0, 0.05) is 37.4 Å². The van der Waals surface area contributed by atoms with Gasteiger partial charge in [-0.25, -0.2) is 0 Å². The van der Waals surface area contributed by atoms with Crippen molar-refractivity contribution in [2.24, 2.45) is 0 Å². The third kappa shape index (κ3) is 2.56. The fraction of sp³-hybridized carbons (Fsp3) is 0.308. The zero-order valence-electron chi connectivity index (χ0n) is 9.53. The van der Waals surface area contributed by atoms with Crippen molar-refractivity contribution in [3.63, 3.8) is 0 Å². The molecule has 3 nitrogen and oxygen atoms in total. The normalized spacial score (nSPS) is 10.8. The predicted molar refractivity (Wildman–Crippen MR) is 67.4 cm³/mol. The van der Waals surface area contributed by atoms with E-state index in [9.17, 15) is 0 Å². The highest BCUT2D eigenvalue weighted by Crippen LogP contribution is 2.16. The molecule has 16 heavy (non-hydrogen) atoms. The smallest absolute Gasteiger partial charge is 0.0346 e. The summed E-state index contributed by atoms with van der Waals surface area (Å²) >= 11 is 0. The first kappa shape index (κ1) is 11.0. The van der Waals surface area contributed by atoms with Crippen LogP contribution in [0.1, 0.15) is 5.56 Å². The van der Waals surface area contributed by atoms with Crippen molar-refractivity contribution in [1.82, 2.24) is 15.6 Å². The first-order valence-electron chi connectivity index (χ1n) is 5.59. The summed E-state index contributed by atoms with van der Waals surface area (Å²) in [5.74, 6) is 0. The van der Waals surface area contributed by atoms with E-state index < -0.39 is 0 Å². The van der Waals surface area contributed by atoms with E-state index in [-0.39, 0.29) is 0 Å². The Morgan fingerprint density at radius 2 is 2.12 bits per heavy atom. The van der Waals surface area contributed by atoms with E-state index in [4.69, 9.17) is 0 Å². The zero-order valence-corrected chi connectivity index (χ0v) is 9.53. The van der Waals surface area contributed by atoms with Crippen molar-refractivity contribution < 1.29 is 0 Å². The number of rotatable bonds is 5. The van der Waals surface area contributed by atoms with Crippen molar-refractivity contribution >= 4 is 10.8 Å². The molecular formula is C13H17N3. The van der Waals surface area contributed by atoms with Crippen molar-refractivity contribution in [1.29, 1.82) is 0 Å². The van der Waals surface area contributed by atoms with Gasteiger partial charge in [0.15, 0.2) is 0 Å². The average molecular weight is 215 g/mol. The van der Waals surface area contributed by atoms with E-state index in [0.29, 0.717) is 0 Å². The fourth-order valence-corrected chi connectivity index (χ4v) is 1.78. The molecule has 0 atom stereocenters. The van der Waals surface area contributed by atoms with Gasteiger partial charge in [-0.1, -0.05) is 18.2 Å². The molecule has 2 N–H and O–H groups in total. The first-order chi connectivity index (χ1) is 7.92. The number of nitrogens with one attached hydrogen (secondary N) is 2. The van der Waals surface area contributed by atoms with Gasteiger partial charge in [0.1, 0.15) is 0 Å². The summed E-state index contributed by atoms with van der Waals surface area (Å²) in [6.45, 7) is 2.88. The van der Waals surface area contributed by atoms with Crippen LogP contribution in [-0.4, -0.2) is 25.1 Å². The number of likely N-dealkylation sites (N-methyl/N-ethyl adjacent to an activating group) is 1. The molecule has 3 heteroatoms. The minimum Gasteiger partial charge on any atom is -0.318 e. The van der Waals surface area contributed by atoms with Crippen LogP contribution in [0.25, 0.3) is 10.8 Å². The summed E-state index contributed by atoms with van der Waals surface area (Å²) < 4.78 is 0. The van der Waals surface area contributed by atoms with Gasteiger partial charge in [-0.05, 0) is 24.1 Å². The lowest BCUT2D eigenvalue weighted by atomic mass is 10.1. The number of fused-ring (bicyclic) bond motifs is 1. The Morgan fingerprint density at radius 1 is 1.19 bits per heavy atom. The number of benzene rings is 1. The summed E-state index contributed by atoms with van der Waals surface area (Å²) in [7, 11) is 1.96. The standard InChI is InChI=1S/C13H17N3/c1-14-7-8-16-10-12-4-2-3-11-9-15-6-5-13(11)12/h2-6,9,14,16H,7-8,10H2,1H3. The van der Waals surface area contributed by atoms with Gasteiger partial charge in [-0.2, -0.15) is 0 Å². The monoisotopic (exact) mass is 215 g/mol. The Morgan fingerprint density at radius 3 is 3.00 bits per heavy atom. The Bertz CT molecular complexity index is 448. The maximum atomic E-state index is 4.13. The van der Waals surface area contributed by atoms with Crippen LogP contribution in [0, 0.1) is 0 Å². The topological polar surface area (TPSA) is 37.0 Å². The molecule has 0 amide bonds. The van der Waals surface area contributed by atoms with Gasteiger partial charge in [0.2, 0.25) is 0 Å². The molecule has 1 aromatic heterocycles. The molecule has 0 fully saturated rings. The summed E-state index contributed by atoms with van der Waals surface area (Å²) in [4.78, 5) is 4.13. The highest BCUT2D eigenvalue weighted by Gasteiger charge is 1.99. The second-order valence-electron chi connectivity index (χ2n) is 3.79. The number of aromatic nitrogens is 1. The van der Waals surface area contributed by atoms with E-state index in [1.165, 1.54) is 16.3 Å². The van der Waals surface area contributed by atoms with Crippen molar-refractivity contribution in [3.8, 4) is 0 Å². The average Bonchev–Trinajstić information content (AvgIpc) is 2.35. The highest BCUT2D eigenvalue weighted by molar-refractivity contribution is 5.84. The Hall–Kier alpha value is -1.45. The molecular weight excluding hydrogens is 198 g/mol. The maximum Gasteiger partial charge on any atom is 0.0346 e. The lowest BCUT2D eigenvalue weighted by molar-refractivity contribution is 0.652. The van der Waals surface area contributed by atoms with Crippen LogP contribution in [0.4, 0.5) is 0 Å². The van der Waals surface area contributed by atoms with Crippen molar-refractivity contribution in [3.05, 3.63) is 42.2 Å². The van der Waals surface area contributed by atoms with E-state index >= 15 is 0 Å². The Kier molecular flexibility index (Phi) is 3.86. The second-order valence-corrected chi connectivity index (χ2v) is 3.79. The fourth-order valence-electron chi connectivity index (χ4n) is 1.78. The Balaban J connectivity index is 2.11. The van der Waals surface area contributed by atoms with Crippen molar-refractivity contribution in [2.45, 2.75) is 6.54 Å². The summed E-state index contributed by atoms with van der Waals surface area (Å²) in [5, 5.41) is 9.02. The van der Waals surface area contributed by atoms with E-state index in [1.807, 2.05) is 19.4 Å². The zero-order chi connectivity index (χ0) is 11.2. The molecule has 1 aromatic carbocycles. The number of nitrogens with zero attached hydrogens (tertiary/aromatic N) is 1. The highest BCUT2D eigenvalue weighted by atomic mass is 14.9. The molecule has 0 saturated carbocycles. The van der Waals surface area contributed by atoms with Gasteiger partial charge in [-0.15, -0.1) is 0 Å². The molecule has 0 saturated heterocycles. The molecule has 0 unspecified atom stereocenters. The molecule has 2 rings (SSSR count). The molecule has 84 valence electrons. The number of hydrogen-bond acceptors (Lipinski definition) is 3. The lowest BCUT2D eigenvalue weighted by Crippen LogP contribution is -2.24. The Labute approximate surface area is 95.9 Å². The summed E-state index contributed by atoms with van der Waals surface area (Å²) in [5.41, 5.74) is 1.33. The minimum absolute atomic E-state index is 0.906. The van der Waals surface area contributed by atoms with Crippen LogP contribution < -0.4 is 10.6 Å². The second kappa shape index (κ2) is 5.58. The molecule has 0 aliphatic heterocycles. The quantitative estimate of drug-likeness (QED) is 0.743. The first-order valence-corrected chi connectivity index (χ1v) is 5.59. The molecule has 0 aliphatic carbocycles. The predicted octanol–water partition coefficient (Wildman–Crippen LogP) is 1.54. The van der Waals surface area contributed by atoms with Gasteiger partial charge >= 0.3 is 0 Å². The molecule has 1 heterocycles.